The molecule has 0 aliphatic carbocycles. The Hall–Kier alpha value is -2.89. The Balaban J connectivity index is 1.39. The molecule has 0 spiro atoms. The number of piperazine rings is 1. The summed E-state index contributed by atoms with van der Waals surface area (Å²) in [5.74, 6) is 0.0279. The van der Waals surface area contributed by atoms with Gasteiger partial charge in [-0.15, -0.1) is 0 Å². The second-order valence-corrected chi connectivity index (χ2v) is 6.92. The molecule has 0 radical (unpaired) electrons. The third kappa shape index (κ3) is 5.09. The lowest BCUT2D eigenvalue weighted by Gasteiger charge is -2.35. The lowest BCUT2D eigenvalue weighted by molar-refractivity contribution is -0.132. The van der Waals surface area contributed by atoms with Crippen LogP contribution in [0.1, 0.15) is 28.8 Å². The van der Waals surface area contributed by atoms with E-state index in [0.717, 1.165) is 5.75 Å². The second-order valence-electron chi connectivity index (χ2n) is 6.92. The van der Waals surface area contributed by atoms with E-state index >= 15 is 0 Å². The fourth-order valence-corrected chi connectivity index (χ4v) is 3.17. The zero-order valence-corrected chi connectivity index (χ0v) is 16.1. The van der Waals surface area contributed by atoms with E-state index in [1.165, 1.54) is 17.7 Å². The van der Waals surface area contributed by atoms with Crippen LogP contribution in [0.25, 0.3) is 0 Å². The number of carbonyl (C=O) groups is 2. The van der Waals surface area contributed by atoms with Crippen LogP contribution in [-0.2, 0) is 4.79 Å². The minimum Gasteiger partial charge on any atom is -0.494 e. The summed E-state index contributed by atoms with van der Waals surface area (Å²) in [6, 6.07) is 13.8. The predicted molar refractivity (Wildman–Crippen MR) is 105 cm³/mol. The number of aryl methyl sites for hydroxylation is 1. The van der Waals surface area contributed by atoms with Gasteiger partial charge in [-0.1, -0.05) is 29.8 Å². The maximum atomic E-state index is 13.8. The van der Waals surface area contributed by atoms with Gasteiger partial charge in [0.15, 0.2) is 0 Å². The Morgan fingerprint density at radius 3 is 2.29 bits per heavy atom. The average molecular weight is 384 g/mol. The highest BCUT2D eigenvalue weighted by atomic mass is 19.1. The number of halogens is 1. The molecular formula is C22H25FN2O3. The standard InChI is InChI=1S/C22H25FN2O3/c1-17-8-10-18(11-9-17)28-16-4-7-21(26)24-12-14-25(15-13-24)22(27)19-5-2-3-6-20(19)23/h2-3,5-6,8-11H,4,7,12-16H2,1H3. The van der Waals surface area contributed by atoms with Crippen molar-refractivity contribution in [2.75, 3.05) is 32.8 Å². The van der Waals surface area contributed by atoms with Gasteiger partial charge in [0, 0.05) is 32.6 Å². The van der Waals surface area contributed by atoms with Crippen LogP contribution in [0.4, 0.5) is 4.39 Å². The Bertz CT molecular complexity index is 815. The summed E-state index contributed by atoms with van der Waals surface area (Å²) in [5, 5.41) is 0. The molecule has 0 saturated carbocycles. The van der Waals surface area contributed by atoms with Crippen LogP contribution in [0.3, 0.4) is 0 Å². The number of hydrogen-bond donors (Lipinski definition) is 0. The quantitative estimate of drug-likeness (QED) is 0.718. The Morgan fingerprint density at radius 2 is 1.61 bits per heavy atom. The van der Waals surface area contributed by atoms with E-state index in [1.807, 2.05) is 31.2 Å². The molecule has 2 amide bonds. The monoisotopic (exact) mass is 384 g/mol. The molecule has 2 aromatic rings. The molecule has 2 aromatic carbocycles. The third-order valence-electron chi connectivity index (χ3n) is 4.85. The summed E-state index contributed by atoms with van der Waals surface area (Å²) in [7, 11) is 0. The fraction of sp³-hybridized carbons (Fsp3) is 0.364. The van der Waals surface area contributed by atoms with Crippen molar-refractivity contribution in [1.82, 2.24) is 9.80 Å². The number of nitrogens with zero attached hydrogens (tertiary/aromatic N) is 2. The first-order valence-electron chi connectivity index (χ1n) is 9.55. The summed E-state index contributed by atoms with van der Waals surface area (Å²) < 4.78 is 19.4. The molecular weight excluding hydrogens is 359 g/mol. The second kappa shape index (κ2) is 9.35. The molecule has 0 bridgehead atoms. The van der Waals surface area contributed by atoms with Gasteiger partial charge in [0.1, 0.15) is 11.6 Å². The molecule has 3 rings (SSSR count). The average Bonchev–Trinajstić information content (AvgIpc) is 2.72. The highest BCUT2D eigenvalue weighted by Gasteiger charge is 2.25. The molecule has 0 N–H and O–H groups in total. The van der Waals surface area contributed by atoms with Crippen molar-refractivity contribution >= 4 is 11.8 Å². The van der Waals surface area contributed by atoms with E-state index < -0.39 is 5.82 Å². The topological polar surface area (TPSA) is 49.9 Å². The summed E-state index contributed by atoms with van der Waals surface area (Å²) in [6.07, 6.45) is 1.05. The van der Waals surface area contributed by atoms with Gasteiger partial charge in [0.2, 0.25) is 5.91 Å². The SMILES string of the molecule is Cc1ccc(OCCCC(=O)N2CCN(C(=O)c3ccccc3F)CC2)cc1. The van der Waals surface area contributed by atoms with Crippen LogP contribution in [-0.4, -0.2) is 54.4 Å². The van der Waals surface area contributed by atoms with E-state index in [1.54, 1.807) is 21.9 Å². The Morgan fingerprint density at radius 1 is 0.964 bits per heavy atom. The van der Waals surface area contributed by atoms with E-state index in [9.17, 15) is 14.0 Å². The lowest BCUT2D eigenvalue weighted by atomic mass is 10.1. The zero-order chi connectivity index (χ0) is 19.9. The van der Waals surface area contributed by atoms with Crippen molar-refractivity contribution in [3.8, 4) is 5.75 Å². The normalized spacial score (nSPS) is 14.1. The Labute approximate surface area is 164 Å². The molecule has 148 valence electrons. The highest BCUT2D eigenvalue weighted by Crippen LogP contribution is 2.14. The molecule has 0 unspecified atom stereocenters. The minimum atomic E-state index is -0.514. The molecule has 1 aliphatic rings. The van der Waals surface area contributed by atoms with Crippen LogP contribution in [0, 0.1) is 12.7 Å². The van der Waals surface area contributed by atoms with Crippen molar-refractivity contribution in [1.29, 1.82) is 0 Å². The molecule has 1 fully saturated rings. The first-order valence-corrected chi connectivity index (χ1v) is 9.55. The van der Waals surface area contributed by atoms with Gasteiger partial charge < -0.3 is 14.5 Å². The summed E-state index contributed by atoms with van der Waals surface area (Å²) in [4.78, 5) is 28.2. The first-order chi connectivity index (χ1) is 13.5. The molecule has 0 aromatic heterocycles. The van der Waals surface area contributed by atoms with E-state index in [4.69, 9.17) is 4.74 Å². The van der Waals surface area contributed by atoms with Gasteiger partial charge in [0.25, 0.3) is 5.91 Å². The highest BCUT2D eigenvalue weighted by molar-refractivity contribution is 5.94. The van der Waals surface area contributed by atoms with Crippen LogP contribution in [0.5, 0.6) is 5.75 Å². The van der Waals surface area contributed by atoms with Crippen molar-refractivity contribution < 1.29 is 18.7 Å². The van der Waals surface area contributed by atoms with Gasteiger partial charge in [-0.3, -0.25) is 9.59 Å². The third-order valence-corrected chi connectivity index (χ3v) is 4.85. The fourth-order valence-electron chi connectivity index (χ4n) is 3.17. The van der Waals surface area contributed by atoms with E-state index in [2.05, 4.69) is 0 Å². The molecule has 5 nitrogen and oxygen atoms in total. The van der Waals surface area contributed by atoms with Gasteiger partial charge in [-0.2, -0.15) is 0 Å². The van der Waals surface area contributed by atoms with Crippen molar-refractivity contribution in [2.45, 2.75) is 19.8 Å². The molecule has 1 heterocycles. The van der Waals surface area contributed by atoms with Crippen LogP contribution in [0.2, 0.25) is 0 Å². The summed E-state index contributed by atoms with van der Waals surface area (Å²) in [6.45, 7) is 4.28. The number of hydrogen-bond acceptors (Lipinski definition) is 3. The van der Waals surface area contributed by atoms with Crippen LogP contribution in [0.15, 0.2) is 48.5 Å². The van der Waals surface area contributed by atoms with Crippen LogP contribution < -0.4 is 4.74 Å². The van der Waals surface area contributed by atoms with Gasteiger partial charge in [0.05, 0.1) is 12.2 Å². The number of rotatable bonds is 6. The first kappa shape index (κ1) is 19.9. The summed E-state index contributed by atoms with van der Waals surface area (Å²) in [5.41, 5.74) is 1.26. The molecule has 6 heteroatoms. The minimum absolute atomic E-state index is 0.0606. The van der Waals surface area contributed by atoms with Crippen LogP contribution >= 0.6 is 0 Å². The van der Waals surface area contributed by atoms with Gasteiger partial charge in [-0.25, -0.2) is 4.39 Å². The Kier molecular flexibility index (Phi) is 6.63. The lowest BCUT2D eigenvalue weighted by Crippen LogP contribution is -2.50. The smallest absolute Gasteiger partial charge is 0.256 e. The molecule has 1 saturated heterocycles. The number of benzene rings is 2. The zero-order valence-electron chi connectivity index (χ0n) is 16.1. The molecule has 0 atom stereocenters. The number of carbonyl (C=O) groups excluding carboxylic acids is 2. The largest absolute Gasteiger partial charge is 0.494 e. The van der Waals surface area contributed by atoms with E-state index in [-0.39, 0.29) is 17.4 Å². The summed E-state index contributed by atoms with van der Waals surface area (Å²) >= 11 is 0. The van der Waals surface area contributed by atoms with Crippen molar-refractivity contribution in [2.24, 2.45) is 0 Å². The van der Waals surface area contributed by atoms with Gasteiger partial charge >= 0.3 is 0 Å². The molecule has 1 aliphatic heterocycles. The maximum absolute atomic E-state index is 13.8. The predicted octanol–water partition coefficient (Wildman–Crippen LogP) is 3.28. The van der Waals surface area contributed by atoms with E-state index in [0.29, 0.717) is 45.6 Å². The van der Waals surface area contributed by atoms with Crippen molar-refractivity contribution in [3.05, 3.63) is 65.5 Å². The maximum Gasteiger partial charge on any atom is 0.256 e. The number of ether oxygens (including phenoxy) is 1. The molecule has 28 heavy (non-hydrogen) atoms. The van der Waals surface area contributed by atoms with Crippen molar-refractivity contribution in [3.63, 3.8) is 0 Å². The number of amides is 2. The van der Waals surface area contributed by atoms with Gasteiger partial charge in [-0.05, 0) is 37.6 Å².